The lowest BCUT2D eigenvalue weighted by Crippen LogP contribution is -2.38. The molecule has 1 aliphatic heterocycles. The molecule has 7 heteroatoms. The smallest absolute Gasteiger partial charge is 0.235 e. The van der Waals surface area contributed by atoms with Crippen LogP contribution in [0.3, 0.4) is 0 Å². The van der Waals surface area contributed by atoms with Crippen LogP contribution in [0.15, 0.2) is 23.4 Å². The number of nitrogens with zero attached hydrogens (tertiary/aromatic N) is 2. The molecule has 6 nitrogen and oxygen atoms in total. The first-order valence-corrected chi connectivity index (χ1v) is 8.37. The molecular formula is C14H18N4O2S. The summed E-state index contributed by atoms with van der Waals surface area (Å²) in [6.45, 7) is 1.54. The highest BCUT2D eigenvalue weighted by molar-refractivity contribution is 7.85. The number of hydrogen-bond acceptors (Lipinski definition) is 4. The number of likely N-dealkylation sites (tertiary alicyclic amines) is 1. The first-order valence-electron chi connectivity index (χ1n) is 7.05. The van der Waals surface area contributed by atoms with E-state index in [1.165, 1.54) is 0 Å². The van der Waals surface area contributed by atoms with Gasteiger partial charge in [-0.25, -0.2) is 4.98 Å². The number of nitrogens with one attached hydrogen (secondary N) is 1. The van der Waals surface area contributed by atoms with Crippen molar-refractivity contribution in [3.8, 4) is 0 Å². The van der Waals surface area contributed by atoms with Gasteiger partial charge < -0.3 is 15.6 Å². The molecule has 0 aliphatic carbocycles. The number of carbonyl (C=O) groups is 1. The van der Waals surface area contributed by atoms with Crippen molar-refractivity contribution in [2.24, 2.45) is 0 Å². The highest BCUT2D eigenvalue weighted by Gasteiger charge is 2.20. The van der Waals surface area contributed by atoms with Gasteiger partial charge in [-0.2, -0.15) is 0 Å². The van der Waals surface area contributed by atoms with Crippen molar-refractivity contribution in [3.05, 3.63) is 18.2 Å². The van der Waals surface area contributed by atoms with E-state index in [-0.39, 0.29) is 11.7 Å². The summed E-state index contributed by atoms with van der Waals surface area (Å²) in [7, 11) is -1.45. The maximum atomic E-state index is 12.3. The number of benzene rings is 1. The molecule has 2 heterocycles. The van der Waals surface area contributed by atoms with Crippen LogP contribution in [0.2, 0.25) is 0 Å². The van der Waals surface area contributed by atoms with Gasteiger partial charge in [-0.05, 0) is 37.5 Å². The maximum Gasteiger partial charge on any atom is 0.235 e. The minimum atomic E-state index is -1.45. The first kappa shape index (κ1) is 14.1. The topological polar surface area (TPSA) is 92.1 Å². The van der Waals surface area contributed by atoms with E-state index in [4.69, 9.17) is 5.73 Å². The van der Waals surface area contributed by atoms with Crippen molar-refractivity contribution in [2.75, 3.05) is 24.6 Å². The Bertz CT molecular complexity index is 691. The molecule has 2 aromatic rings. The molecule has 1 saturated heterocycles. The minimum Gasteiger partial charge on any atom is -0.399 e. The molecular weight excluding hydrogens is 288 g/mol. The number of fused-ring (bicyclic) bond motifs is 1. The predicted octanol–water partition coefficient (Wildman–Crippen LogP) is 1.27. The number of aromatic amines is 1. The van der Waals surface area contributed by atoms with E-state index >= 15 is 0 Å². The molecule has 0 radical (unpaired) electrons. The number of amides is 1. The number of aromatic nitrogens is 2. The Balaban J connectivity index is 1.72. The van der Waals surface area contributed by atoms with Crippen molar-refractivity contribution in [2.45, 2.75) is 24.4 Å². The average molecular weight is 306 g/mol. The number of rotatable bonds is 3. The molecule has 1 atom stereocenters. The zero-order chi connectivity index (χ0) is 14.8. The summed E-state index contributed by atoms with van der Waals surface area (Å²) in [6.07, 6.45) is 3.22. The normalized spacial score (nSPS) is 17.0. The first-order chi connectivity index (χ1) is 10.1. The van der Waals surface area contributed by atoms with Crippen molar-refractivity contribution in [1.29, 1.82) is 0 Å². The number of carbonyl (C=O) groups excluding carboxylic acids is 1. The Morgan fingerprint density at radius 3 is 2.86 bits per heavy atom. The van der Waals surface area contributed by atoms with Crippen molar-refractivity contribution < 1.29 is 9.00 Å². The highest BCUT2D eigenvalue weighted by Crippen LogP contribution is 2.17. The summed E-state index contributed by atoms with van der Waals surface area (Å²) in [5, 5.41) is 0.334. The van der Waals surface area contributed by atoms with E-state index in [2.05, 4.69) is 9.97 Å². The monoisotopic (exact) mass is 306 g/mol. The number of imidazole rings is 1. The Kier molecular flexibility index (Phi) is 3.92. The second-order valence-electron chi connectivity index (χ2n) is 5.25. The molecule has 0 spiro atoms. The van der Waals surface area contributed by atoms with Gasteiger partial charge in [0.1, 0.15) is 5.75 Å². The van der Waals surface area contributed by atoms with Crippen molar-refractivity contribution >= 4 is 33.4 Å². The van der Waals surface area contributed by atoms with E-state index < -0.39 is 10.8 Å². The molecule has 3 N–H and O–H groups in total. The number of H-pyrrole nitrogens is 1. The molecule has 1 aliphatic rings. The lowest BCUT2D eigenvalue weighted by Gasteiger charge is -2.26. The van der Waals surface area contributed by atoms with Crippen LogP contribution in [0.25, 0.3) is 11.0 Å². The van der Waals surface area contributed by atoms with Crippen LogP contribution in [0, 0.1) is 0 Å². The summed E-state index contributed by atoms with van der Waals surface area (Å²) in [4.78, 5) is 21.2. The highest BCUT2D eigenvalue weighted by atomic mass is 32.2. The third-order valence-electron chi connectivity index (χ3n) is 3.66. The Morgan fingerprint density at radius 2 is 2.10 bits per heavy atom. The number of piperidine rings is 1. The Morgan fingerprint density at radius 1 is 1.33 bits per heavy atom. The Hall–Kier alpha value is -1.89. The summed E-state index contributed by atoms with van der Waals surface area (Å²) < 4.78 is 12.3. The van der Waals surface area contributed by atoms with Crippen molar-refractivity contribution in [3.63, 3.8) is 0 Å². The van der Waals surface area contributed by atoms with Gasteiger partial charge in [0.2, 0.25) is 5.91 Å². The van der Waals surface area contributed by atoms with Crippen LogP contribution in [-0.2, 0) is 15.6 Å². The molecule has 3 rings (SSSR count). The number of hydrogen-bond donors (Lipinski definition) is 2. The van der Waals surface area contributed by atoms with E-state index in [1.807, 2.05) is 0 Å². The summed E-state index contributed by atoms with van der Waals surface area (Å²) in [6, 6.07) is 5.26. The fourth-order valence-corrected chi connectivity index (χ4v) is 3.49. The fraction of sp³-hybridized carbons (Fsp3) is 0.429. The second kappa shape index (κ2) is 5.85. The predicted molar refractivity (Wildman–Crippen MR) is 82.2 cm³/mol. The molecule has 1 aromatic carbocycles. The zero-order valence-electron chi connectivity index (χ0n) is 11.7. The average Bonchev–Trinajstić information content (AvgIpc) is 2.91. The minimum absolute atomic E-state index is 0.0185. The van der Waals surface area contributed by atoms with Gasteiger partial charge in [0.25, 0.3) is 0 Å². The zero-order valence-corrected chi connectivity index (χ0v) is 12.5. The SMILES string of the molecule is Nc1ccc2nc(S(=O)CC(=O)N3CCCCC3)[nH]c2c1. The molecule has 0 bridgehead atoms. The maximum absolute atomic E-state index is 12.3. The molecule has 1 aromatic heterocycles. The standard InChI is InChI=1S/C14H18N4O2S/c15-10-4-5-11-12(8-10)17-14(16-11)21(20)9-13(19)18-6-2-1-3-7-18/h4-5,8H,1-3,6-7,9,15H2,(H,16,17). The number of nitrogen functional groups attached to an aromatic ring is 1. The van der Waals surface area contributed by atoms with Crippen molar-refractivity contribution in [1.82, 2.24) is 14.9 Å². The molecule has 112 valence electrons. The van der Waals surface area contributed by atoms with Gasteiger partial charge in [-0.3, -0.25) is 9.00 Å². The van der Waals surface area contributed by atoms with E-state index in [0.29, 0.717) is 16.4 Å². The summed E-state index contributed by atoms with van der Waals surface area (Å²) in [5.74, 6) is -0.0806. The Labute approximate surface area is 125 Å². The van der Waals surface area contributed by atoms with Gasteiger partial charge in [0.15, 0.2) is 5.16 Å². The van der Waals surface area contributed by atoms with Crippen LogP contribution in [-0.4, -0.2) is 43.8 Å². The van der Waals surface area contributed by atoms with Gasteiger partial charge in [-0.1, -0.05) is 0 Å². The fourth-order valence-electron chi connectivity index (χ4n) is 2.53. The van der Waals surface area contributed by atoms with Crippen LogP contribution >= 0.6 is 0 Å². The van der Waals surface area contributed by atoms with E-state index in [9.17, 15) is 9.00 Å². The van der Waals surface area contributed by atoms with Gasteiger partial charge in [0.05, 0.1) is 21.8 Å². The van der Waals surface area contributed by atoms with Crippen LogP contribution in [0.1, 0.15) is 19.3 Å². The van der Waals surface area contributed by atoms with Gasteiger partial charge >= 0.3 is 0 Å². The third kappa shape index (κ3) is 3.07. The summed E-state index contributed by atoms with van der Waals surface area (Å²) in [5.41, 5.74) is 7.77. The molecule has 1 fully saturated rings. The number of nitrogens with two attached hydrogens (primary N) is 1. The van der Waals surface area contributed by atoms with Crippen LogP contribution in [0.5, 0.6) is 0 Å². The quantitative estimate of drug-likeness (QED) is 0.835. The molecule has 21 heavy (non-hydrogen) atoms. The third-order valence-corrected chi connectivity index (χ3v) is 4.80. The second-order valence-corrected chi connectivity index (χ2v) is 6.62. The van der Waals surface area contributed by atoms with Crippen LogP contribution in [0.4, 0.5) is 5.69 Å². The molecule has 0 saturated carbocycles. The lowest BCUT2D eigenvalue weighted by atomic mass is 10.1. The van der Waals surface area contributed by atoms with Gasteiger partial charge in [-0.15, -0.1) is 0 Å². The van der Waals surface area contributed by atoms with Crippen LogP contribution < -0.4 is 5.73 Å². The molecule has 1 unspecified atom stereocenters. The van der Waals surface area contributed by atoms with E-state index in [1.54, 1.807) is 23.1 Å². The largest absolute Gasteiger partial charge is 0.399 e. The lowest BCUT2D eigenvalue weighted by molar-refractivity contribution is -0.129. The number of anilines is 1. The van der Waals surface area contributed by atoms with E-state index in [0.717, 1.165) is 37.9 Å². The van der Waals surface area contributed by atoms with Gasteiger partial charge in [0, 0.05) is 18.8 Å². The molecule has 1 amide bonds. The summed E-state index contributed by atoms with van der Waals surface area (Å²) >= 11 is 0.